The van der Waals surface area contributed by atoms with Gasteiger partial charge < -0.3 is 15.4 Å². The van der Waals surface area contributed by atoms with E-state index in [0.29, 0.717) is 30.5 Å². The molecule has 0 bridgehead atoms. The minimum atomic E-state index is -0.666. The van der Waals surface area contributed by atoms with Crippen LogP contribution in [-0.2, 0) is 19.1 Å². The van der Waals surface area contributed by atoms with Crippen molar-refractivity contribution in [3.8, 4) is 0 Å². The number of carbonyl (C=O) groups excluding carboxylic acids is 3. The molecule has 0 aromatic heterocycles. The molecule has 2 amide bonds. The average Bonchev–Trinajstić information content (AvgIpc) is 2.58. The van der Waals surface area contributed by atoms with E-state index in [1.807, 2.05) is 6.92 Å². The zero-order valence-electron chi connectivity index (χ0n) is 15.4. The number of allylic oxidation sites excluding steroid dienone is 2. The summed E-state index contributed by atoms with van der Waals surface area (Å²) in [7, 11) is 0. The van der Waals surface area contributed by atoms with Crippen molar-refractivity contribution in [2.24, 2.45) is 0 Å². The Kier molecular flexibility index (Phi) is 11.2. The number of hydrogen-bond donors (Lipinski definition) is 2. The summed E-state index contributed by atoms with van der Waals surface area (Å²) < 4.78 is 5.01. The van der Waals surface area contributed by atoms with E-state index in [1.165, 1.54) is 0 Å². The van der Waals surface area contributed by atoms with E-state index >= 15 is 0 Å². The zero-order chi connectivity index (χ0) is 18.5. The first kappa shape index (κ1) is 21.9. The maximum Gasteiger partial charge on any atom is 0.328 e. The van der Waals surface area contributed by atoms with Gasteiger partial charge in [-0.15, -0.1) is 0 Å². The largest absolute Gasteiger partial charge is 0.464 e. The van der Waals surface area contributed by atoms with Crippen LogP contribution in [0.15, 0.2) is 23.3 Å². The number of hydrogen-bond acceptors (Lipinski definition) is 4. The Balaban J connectivity index is 4.39. The van der Waals surface area contributed by atoms with Crippen molar-refractivity contribution in [2.45, 2.75) is 59.9 Å². The highest BCUT2D eigenvalue weighted by Gasteiger charge is 2.21. The van der Waals surface area contributed by atoms with E-state index in [4.69, 9.17) is 4.74 Å². The van der Waals surface area contributed by atoms with Crippen LogP contribution in [0.3, 0.4) is 0 Å². The third kappa shape index (κ3) is 8.50. The van der Waals surface area contributed by atoms with E-state index in [-0.39, 0.29) is 18.4 Å². The second kappa shape index (κ2) is 12.3. The van der Waals surface area contributed by atoms with Crippen molar-refractivity contribution in [1.82, 2.24) is 10.6 Å². The van der Waals surface area contributed by atoms with Crippen LogP contribution in [0.2, 0.25) is 0 Å². The summed E-state index contributed by atoms with van der Waals surface area (Å²) in [6.45, 7) is 9.56. The molecule has 0 saturated heterocycles. The molecule has 0 spiro atoms. The smallest absolute Gasteiger partial charge is 0.328 e. The van der Waals surface area contributed by atoms with Gasteiger partial charge in [0.1, 0.15) is 6.04 Å². The Morgan fingerprint density at radius 3 is 2.12 bits per heavy atom. The normalized spacial score (nSPS) is 13.2. The van der Waals surface area contributed by atoms with Crippen LogP contribution in [0.25, 0.3) is 0 Å². The lowest BCUT2D eigenvalue weighted by Gasteiger charge is -2.17. The van der Waals surface area contributed by atoms with Gasteiger partial charge in [-0.25, -0.2) is 4.79 Å². The Bertz CT molecular complexity index is 495. The van der Waals surface area contributed by atoms with Gasteiger partial charge in [-0.2, -0.15) is 0 Å². The molecule has 136 valence electrons. The summed E-state index contributed by atoms with van der Waals surface area (Å²) in [4.78, 5) is 35.5. The predicted octanol–water partition coefficient (Wildman–Crippen LogP) is 2.25. The van der Waals surface area contributed by atoms with E-state index in [9.17, 15) is 14.4 Å². The third-order valence-electron chi connectivity index (χ3n) is 3.66. The SMILES string of the molecule is C/C=C(\C)C(=O)NCCCC[C@H](NC(=O)/C(C)=C/C)C(=O)OCC. The highest BCUT2D eigenvalue weighted by Crippen LogP contribution is 2.05. The van der Waals surface area contributed by atoms with Gasteiger partial charge in [0.25, 0.3) is 0 Å². The van der Waals surface area contributed by atoms with Crippen molar-refractivity contribution in [3.05, 3.63) is 23.3 Å². The molecule has 6 heteroatoms. The van der Waals surface area contributed by atoms with Crippen molar-refractivity contribution in [1.29, 1.82) is 0 Å². The maximum absolute atomic E-state index is 12.0. The van der Waals surface area contributed by atoms with Gasteiger partial charge in [0.2, 0.25) is 11.8 Å². The molecule has 0 unspecified atom stereocenters. The topological polar surface area (TPSA) is 84.5 Å². The fraction of sp³-hybridized carbons (Fsp3) is 0.611. The summed E-state index contributed by atoms with van der Waals surface area (Å²) in [5.41, 5.74) is 1.23. The predicted molar refractivity (Wildman–Crippen MR) is 94.3 cm³/mol. The quantitative estimate of drug-likeness (QED) is 0.363. The summed E-state index contributed by atoms with van der Waals surface area (Å²) >= 11 is 0. The first-order chi connectivity index (χ1) is 11.4. The number of amides is 2. The first-order valence-corrected chi connectivity index (χ1v) is 8.38. The Labute approximate surface area is 144 Å². The molecular weight excluding hydrogens is 308 g/mol. The van der Waals surface area contributed by atoms with Crippen LogP contribution in [-0.4, -0.2) is 37.0 Å². The van der Waals surface area contributed by atoms with Crippen molar-refractivity contribution >= 4 is 17.8 Å². The first-order valence-electron chi connectivity index (χ1n) is 8.38. The van der Waals surface area contributed by atoms with Crippen LogP contribution in [0, 0.1) is 0 Å². The van der Waals surface area contributed by atoms with Gasteiger partial charge in [0.15, 0.2) is 0 Å². The van der Waals surface area contributed by atoms with E-state index < -0.39 is 12.0 Å². The number of rotatable bonds is 10. The molecule has 0 radical (unpaired) electrons. The van der Waals surface area contributed by atoms with Crippen LogP contribution in [0.1, 0.15) is 53.9 Å². The van der Waals surface area contributed by atoms with Crippen LogP contribution >= 0.6 is 0 Å². The molecule has 0 aromatic rings. The van der Waals surface area contributed by atoms with Gasteiger partial charge in [-0.3, -0.25) is 9.59 Å². The van der Waals surface area contributed by atoms with Crippen molar-refractivity contribution in [3.63, 3.8) is 0 Å². The lowest BCUT2D eigenvalue weighted by molar-refractivity contribution is -0.147. The molecular formula is C18H30N2O4. The van der Waals surface area contributed by atoms with Gasteiger partial charge in [-0.05, 0) is 53.9 Å². The number of nitrogens with one attached hydrogen (secondary N) is 2. The third-order valence-corrected chi connectivity index (χ3v) is 3.66. The summed E-state index contributed by atoms with van der Waals surface area (Å²) in [6, 6.07) is -0.666. The highest BCUT2D eigenvalue weighted by molar-refractivity contribution is 5.95. The Morgan fingerprint density at radius 2 is 1.58 bits per heavy atom. The van der Waals surface area contributed by atoms with Gasteiger partial charge in [-0.1, -0.05) is 12.2 Å². The molecule has 0 aliphatic carbocycles. The molecule has 0 aromatic carbocycles. The summed E-state index contributed by atoms with van der Waals surface area (Å²) in [5, 5.41) is 5.51. The zero-order valence-corrected chi connectivity index (χ0v) is 15.4. The lowest BCUT2D eigenvalue weighted by atomic mass is 10.1. The fourth-order valence-corrected chi connectivity index (χ4v) is 1.84. The summed E-state index contributed by atoms with van der Waals surface area (Å²) in [5.74, 6) is -0.785. The second-order valence-electron chi connectivity index (χ2n) is 5.47. The molecule has 1 atom stereocenters. The Morgan fingerprint density at radius 1 is 1.00 bits per heavy atom. The van der Waals surface area contributed by atoms with Gasteiger partial charge in [0.05, 0.1) is 6.61 Å². The van der Waals surface area contributed by atoms with Crippen LogP contribution in [0.5, 0.6) is 0 Å². The van der Waals surface area contributed by atoms with E-state index in [1.54, 1.807) is 39.8 Å². The molecule has 6 nitrogen and oxygen atoms in total. The minimum Gasteiger partial charge on any atom is -0.464 e. The standard InChI is InChI=1S/C18H30N2O4/c1-6-13(4)16(21)19-12-10-9-11-15(18(23)24-8-3)20-17(22)14(5)7-2/h6-7,15H,8-12H2,1-5H3,(H,19,21)(H,20,22)/b13-6+,14-7+/t15-/m0/s1. The van der Waals surface area contributed by atoms with Gasteiger partial charge >= 0.3 is 5.97 Å². The molecule has 24 heavy (non-hydrogen) atoms. The molecule has 0 saturated carbocycles. The fourth-order valence-electron chi connectivity index (χ4n) is 1.84. The maximum atomic E-state index is 12.0. The van der Waals surface area contributed by atoms with E-state index in [2.05, 4.69) is 10.6 Å². The number of carbonyl (C=O) groups is 3. The lowest BCUT2D eigenvalue weighted by Crippen LogP contribution is -2.42. The number of esters is 1. The molecule has 0 aliphatic heterocycles. The summed E-state index contributed by atoms with van der Waals surface area (Å²) in [6.07, 6.45) is 5.33. The number of unbranched alkanes of at least 4 members (excludes halogenated alkanes) is 1. The molecule has 2 N–H and O–H groups in total. The highest BCUT2D eigenvalue weighted by atomic mass is 16.5. The minimum absolute atomic E-state index is 0.0866. The molecule has 0 aliphatic rings. The van der Waals surface area contributed by atoms with Crippen molar-refractivity contribution < 1.29 is 19.1 Å². The molecule has 0 rings (SSSR count). The monoisotopic (exact) mass is 338 g/mol. The second-order valence-corrected chi connectivity index (χ2v) is 5.47. The average molecular weight is 338 g/mol. The van der Waals surface area contributed by atoms with E-state index in [0.717, 1.165) is 6.42 Å². The molecule has 0 heterocycles. The molecule has 0 fully saturated rings. The van der Waals surface area contributed by atoms with Crippen molar-refractivity contribution in [2.75, 3.05) is 13.2 Å². The van der Waals surface area contributed by atoms with Crippen LogP contribution < -0.4 is 10.6 Å². The number of ether oxygens (including phenoxy) is 1. The Hall–Kier alpha value is -2.11. The van der Waals surface area contributed by atoms with Gasteiger partial charge in [0, 0.05) is 17.7 Å². The van der Waals surface area contributed by atoms with Crippen LogP contribution in [0.4, 0.5) is 0 Å².